The standard InChI is InChI=1S/C19H14ClN3OS/c20-19-22-17(21-10-12-5-4-8-14(24)9-12)16-15(11-25-18(16)23-19)13-6-2-1-3-7-13/h1-9,11,24H,10H2,(H,21,22,23). The molecule has 0 atom stereocenters. The van der Waals surface area contributed by atoms with Crippen LogP contribution >= 0.6 is 22.9 Å². The molecule has 0 aliphatic heterocycles. The number of nitrogens with one attached hydrogen (secondary N) is 1. The molecule has 2 aromatic heterocycles. The Kier molecular flexibility index (Phi) is 4.26. The lowest BCUT2D eigenvalue weighted by molar-refractivity contribution is 0.474. The summed E-state index contributed by atoms with van der Waals surface area (Å²) in [5, 5.41) is 16.2. The molecular weight excluding hydrogens is 354 g/mol. The average molecular weight is 368 g/mol. The molecule has 2 aromatic carbocycles. The number of hydrogen-bond donors (Lipinski definition) is 2. The van der Waals surface area contributed by atoms with E-state index < -0.39 is 0 Å². The number of rotatable bonds is 4. The smallest absolute Gasteiger partial charge is 0.225 e. The van der Waals surface area contributed by atoms with Crippen molar-refractivity contribution in [2.45, 2.75) is 6.54 Å². The Hall–Kier alpha value is -2.63. The Bertz CT molecular complexity index is 1030. The minimum atomic E-state index is 0.215. The van der Waals surface area contributed by atoms with Crippen molar-refractivity contribution in [2.24, 2.45) is 0 Å². The fourth-order valence-corrected chi connectivity index (χ4v) is 3.89. The monoisotopic (exact) mass is 367 g/mol. The Balaban J connectivity index is 1.76. The second-order valence-electron chi connectivity index (χ2n) is 5.56. The van der Waals surface area contributed by atoms with E-state index in [1.54, 1.807) is 23.5 Å². The van der Waals surface area contributed by atoms with E-state index in [1.165, 1.54) is 0 Å². The number of nitrogens with zero attached hydrogens (tertiary/aromatic N) is 2. The molecule has 0 fully saturated rings. The first-order valence-corrected chi connectivity index (χ1v) is 8.98. The maximum atomic E-state index is 9.61. The summed E-state index contributed by atoms with van der Waals surface area (Å²) in [6.07, 6.45) is 0. The van der Waals surface area contributed by atoms with E-state index in [1.807, 2.05) is 30.3 Å². The Morgan fingerprint density at radius 1 is 1.04 bits per heavy atom. The number of halogens is 1. The third kappa shape index (κ3) is 3.29. The highest BCUT2D eigenvalue weighted by Gasteiger charge is 2.14. The first kappa shape index (κ1) is 15.9. The first-order chi connectivity index (χ1) is 12.2. The summed E-state index contributed by atoms with van der Waals surface area (Å²) in [7, 11) is 0. The van der Waals surface area contributed by atoms with E-state index >= 15 is 0 Å². The van der Waals surface area contributed by atoms with Gasteiger partial charge in [0.25, 0.3) is 0 Å². The number of phenolic OH excluding ortho intramolecular Hbond substituents is 1. The zero-order valence-corrected chi connectivity index (χ0v) is 14.7. The van der Waals surface area contributed by atoms with Gasteiger partial charge in [-0.05, 0) is 34.9 Å². The fraction of sp³-hybridized carbons (Fsp3) is 0.0526. The van der Waals surface area contributed by atoms with Gasteiger partial charge in [0.1, 0.15) is 16.4 Å². The number of aromatic nitrogens is 2. The van der Waals surface area contributed by atoms with Crippen LogP contribution in [0.1, 0.15) is 5.56 Å². The van der Waals surface area contributed by atoms with Crippen LogP contribution in [-0.2, 0) is 6.54 Å². The van der Waals surface area contributed by atoms with Crippen molar-refractivity contribution in [3.63, 3.8) is 0 Å². The van der Waals surface area contributed by atoms with Gasteiger partial charge in [0.15, 0.2) is 0 Å². The molecule has 0 unspecified atom stereocenters. The quantitative estimate of drug-likeness (QED) is 0.479. The lowest BCUT2D eigenvalue weighted by atomic mass is 10.1. The van der Waals surface area contributed by atoms with Crippen LogP contribution in [-0.4, -0.2) is 15.1 Å². The Morgan fingerprint density at radius 3 is 2.68 bits per heavy atom. The van der Waals surface area contributed by atoms with Gasteiger partial charge in [0.2, 0.25) is 5.28 Å². The van der Waals surface area contributed by atoms with Gasteiger partial charge in [0, 0.05) is 17.5 Å². The molecule has 4 rings (SSSR count). The maximum absolute atomic E-state index is 9.61. The number of benzene rings is 2. The summed E-state index contributed by atoms with van der Waals surface area (Å²) in [6.45, 7) is 0.529. The summed E-state index contributed by atoms with van der Waals surface area (Å²) in [5.74, 6) is 0.934. The molecule has 6 heteroatoms. The average Bonchev–Trinajstić information content (AvgIpc) is 3.04. The molecule has 0 saturated heterocycles. The van der Waals surface area contributed by atoms with Crippen LogP contribution in [0.15, 0.2) is 60.0 Å². The predicted octanol–water partition coefficient (Wildman–Crippen LogP) is 5.33. The van der Waals surface area contributed by atoms with Crippen molar-refractivity contribution in [3.8, 4) is 16.9 Å². The van der Waals surface area contributed by atoms with Gasteiger partial charge in [-0.2, -0.15) is 0 Å². The second-order valence-corrected chi connectivity index (χ2v) is 6.76. The molecule has 0 aliphatic rings. The zero-order chi connectivity index (χ0) is 17.2. The number of fused-ring (bicyclic) bond motifs is 1. The summed E-state index contributed by atoms with van der Waals surface area (Å²) < 4.78 is 0. The van der Waals surface area contributed by atoms with Crippen LogP contribution < -0.4 is 5.32 Å². The topological polar surface area (TPSA) is 58.0 Å². The van der Waals surface area contributed by atoms with E-state index in [2.05, 4.69) is 32.8 Å². The number of phenols is 1. The summed E-state index contributed by atoms with van der Waals surface area (Å²) >= 11 is 7.64. The van der Waals surface area contributed by atoms with E-state index in [4.69, 9.17) is 11.6 Å². The summed E-state index contributed by atoms with van der Waals surface area (Å²) in [4.78, 5) is 9.57. The van der Waals surface area contributed by atoms with Gasteiger partial charge in [-0.25, -0.2) is 9.97 Å². The number of thiophene rings is 1. The van der Waals surface area contributed by atoms with E-state index in [0.717, 1.165) is 26.9 Å². The minimum absolute atomic E-state index is 0.215. The predicted molar refractivity (Wildman–Crippen MR) is 103 cm³/mol. The van der Waals surface area contributed by atoms with E-state index in [-0.39, 0.29) is 11.0 Å². The lowest BCUT2D eigenvalue weighted by Crippen LogP contribution is -2.03. The van der Waals surface area contributed by atoms with Gasteiger partial charge in [-0.3, -0.25) is 0 Å². The van der Waals surface area contributed by atoms with Crippen LogP contribution in [0.3, 0.4) is 0 Å². The molecule has 0 bridgehead atoms. The first-order valence-electron chi connectivity index (χ1n) is 7.72. The van der Waals surface area contributed by atoms with E-state index in [0.29, 0.717) is 12.4 Å². The molecule has 2 N–H and O–H groups in total. The van der Waals surface area contributed by atoms with E-state index in [9.17, 15) is 5.11 Å². The normalized spacial score (nSPS) is 10.9. The maximum Gasteiger partial charge on any atom is 0.225 e. The van der Waals surface area contributed by atoms with Gasteiger partial charge in [-0.1, -0.05) is 42.5 Å². The minimum Gasteiger partial charge on any atom is -0.508 e. The van der Waals surface area contributed by atoms with Crippen LogP contribution in [0.4, 0.5) is 5.82 Å². The molecule has 25 heavy (non-hydrogen) atoms. The fourth-order valence-electron chi connectivity index (χ4n) is 2.73. The Labute approximate surface area is 153 Å². The van der Waals surface area contributed by atoms with Crippen LogP contribution in [0.25, 0.3) is 21.3 Å². The van der Waals surface area contributed by atoms with Crippen molar-refractivity contribution in [1.82, 2.24) is 9.97 Å². The van der Waals surface area contributed by atoms with Crippen LogP contribution in [0.5, 0.6) is 5.75 Å². The number of hydrogen-bond acceptors (Lipinski definition) is 5. The zero-order valence-electron chi connectivity index (χ0n) is 13.1. The van der Waals surface area contributed by atoms with Gasteiger partial charge < -0.3 is 10.4 Å². The SMILES string of the molecule is Oc1cccc(CNc2nc(Cl)nc3scc(-c4ccccc4)c23)c1. The van der Waals surface area contributed by atoms with Gasteiger partial charge in [0.05, 0.1) is 5.39 Å². The summed E-state index contributed by atoms with van der Waals surface area (Å²) in [5.41, 5.74) is 3.15. The summed E-state index contributed by atoms with van der Waals surface area (Å²) in [6, 6.07) is 17.3. The third-order valence-electron chi connectivity index (χ3n) is 3.86. The molecule has 0 amide bonds. The molecule has 0 radical (unpaired) electrons. The molecule has 4 nitrogen and oxygen atoms in total. The van der Waals surface area contributed by atoms with Crippen LogP contribution in [0.2, 0.25) is 5.28 Å². The Morgan fingerprint density at radius 2 is 1.88 bits per heavy atom. The highest BCUT2D eigenvalue weighted by Crippen LogP contribution is 2.37. The highest BCUT2D eigenvalue weighted by molar-refractivity contribution is 7.17. The van der Waals surface area contributed by atoms with Crippen molar-refractivity contribution < 1.29 is 5.11 Å². The molecule has 124 valence electrons. The largest absolute Gasteiger partial charge is 0.508 e. The lowest BCUT2D eigenvalue weighted by Gasteiger charge is -2.09. The third-order valence-corrected chi connectivity index (χ3v) is 4.90. The van der Waals surface area contributed by atoms with Gasteiger partial charge in [-0.15, -0.1) is 11.3 Å². The van der Waals surface area contributed by atoms with Crippen molar-refractivity contribution in [2.75, 3.05) is 5.32 Å². The van der Waals surface area contributed by atoms with Gasteiger partial charge >= 0.3 is 0 Å². The molecule has 2 heterocycles. The second kappa shape index (κ2) is 6.70. The van der Waals surface area contributed by atoms with Crippen molar-refractivity contribution in [3.05, 3.63) is 70.8 Å². The number of anilines is 1. The molecule has 4 aromatic rings. The number of aromatic hydroxyl groups is 1. The highest BCUT2D eigenvalue weighted by atomic mass is 35.5. The molecule has 0 saturated carbocycles. The van der Waals surface area contributed by atoms with Crippen molar-refractivity contribution in [1.29, 1.82) is 0 Å². The molecule has 0 spiro atoms. The van der Waals surface area contributed by atoms with Crippen molar-refractivity contribution >= 4 is 39.0 Å². The van der Waals surface area contributed by atoms with Crippen LogP contribution in [0, 0.1) is 0 Å². The molecular formula is C19H14ClN3OS. The molecule has 0 aliphatic carbocycles.